The first-order valence-corrected chi connectivity index (χ1v) is 7.60. The molecule has 2 rings (SSSR count). The highest BCUT2D eigenvalue weighted by Crippen LogP contribution is 2.30. The van der Waals surface area contributed by atoms with Crippen molar-refractivity contribution in [2.45, 2.75) is 59.0 Å². The molecule has 1 aromatic rings. The molecule has 1 nitrogen and oxygen atoms in total. The first-order chi connectivity index (χ1) is 9.38. The molecule has 1 saturated carbocycles. The molecule has 0 aliphatic heterocycles. The molecule has 0 amide bonds. The number of aryl methyl sites for hydroxylation is 1. The van der Waals surface area contributed by atoms with E-state index in [0.717, 1.165) is 12.3 Å². The summed E-state index contributed by atoms with van der Waals surface area (Å²) < 4.78 is 27.6. The van der Waals surface area contributed by atoms with Gasteiger partial charge in [0.1, 0.15) is 11.6 Å². The quantitative estimate of drug-likeness (QED) is 0.843. The maximum atomic E-state index is 14.0. The van der Waals surface area contributed by atoms with Crippen molar-refractivity contribution in [1.29, 1.82) is 0 Å². The Labute approximate surface area is 120 Å². The largest absolute Gasteiger partial charge is 0.307 e. The summed E-state index contributed by atoms with van der Waals surface area (Å²) in [5, 5.41) is 3.49. The Morgan fingerprint density at radius 1 is 1.15 bits per heavy atom. The Balaban J connectivity index is 2.08. The van der Waals surface area contributed by atoms with Gasteiger partial charge in [-0.05, 0) is 62.6 Å². The Morgan fingerprint density at radius 3 is 2.50 bits per heavy atom. The molecule has 0 bridgehead atoms. The van der Waals surface area contributed by atoms with Crippen molar-refractivity contribution in [1.82, 2.24) is 5.32 Å². The lowest BCUT2D eigenvalue weighted by molar-refractivity contribution is 0.215. The van der Waals surface area contributed by atoms with Crippen LogP contribution >= 0.6 is 0 Å². The molecule has 4 unspecified atom stereocenters. The lowest BCUT2D eigenvalue weighted by Crippen LogP contribution is -2.40. The summed E-state index contributed by atoms with van der Waals surface area (Å²) >= 11 is 0. The molecule has 0 heterocycles. The first-order valence-electron chi connectivity index (χ1n) is 7.60. The van der Waals surface area contributed by atoms with Crippen LogP contribution in [0.1, 0.15) is 57.2 Å². The monoisotopic (exact) mass is 281 g/mol. The van der Waals surface area contributed by atoms with Crippen molar-refractivity contribution in [2.75, 3.05) is 0 Å². The van der Waals surface area contributed by atoms with Gasteiger partial charge >= 0.3 is 0 Å². The minimum atomic E-state index is -0.333. The average molecular weight is 281 g/mol. The highest BCUT2D eigenvalue weighted by Gasteiger charge is 2.27. The zero-order valence-electron chi connectivity index (χ0n) is 12.8. The molecule has 112 valence electrons. The van der Waals surface area contributed by atoms with Crippen LogP contribution in [0.5, 0.6) is 0 Å². The fourth-order valence-corrected chi connectivity index (χ4v) is 3.32. The Morgan fingerprint density at radius 2 is 1.85 bits per heavy atom. The number of rotatable bonds is 3. The van der Waals surface area contributed by atoms with Crippen LogP contribution in [-0.2, 0) is 0 Å². The van der Waals surface area contributed by atoms with Crippen molar-refractivity contribution < 1.29 is 8.78 Å². The van der Waals surface area contributed by atoms with E-state index in [1.165, 1.54) is 25.0 Å². The molecule has 0 radical (unpaired) electrons. The second kappa shape index (κ2) is 6.21. The average Bonchev–Trinajstić information content (AvgIpc) is 2.37. The summed E-state index contributed by atoms with van der Waals surface area (Å²) in [6.45, 7) is 8.03. The van der Waals surface area contributed by atoms with E-state index < -0.39 is 0 Å². The van der Waals surface area contributed by atoms with Crippen molar-refractivity contribution in [3.8, 4) is 0 Å². The van der Waals surface area contributed by atoms with Gasteiger partial charge in [0.2, 0.25) is 0 Å². The highest BCUT2D eigenvalue weighted by molar-refractivity contribution is 5.27. The Bertz CT molecular complexity index is 472. The van der Waals surface area contributed by atoms with E-state index in [-0.39, 0.29) is 17.7 Å². The van der Waals surface area contributed by atoms with Crippen LogP contribution in [0.4, 0.5) is 8.78 Å². The van der Waals surface area contributed by atoms with E-state index in [9.17, 15) is 8.78 Å². The van der Waals surface area contributed by atoms with E-state index in [0.29, 0.717) is 23.1 Å². The number of benzene rings is 1. The van der Waals surface area contributed by atoms with Crippen molar-refractivity contribution >= 4 is 0 Å². The van der Waals surface area contributed by atoms with Gasteiger partial charge < -0.3 is 5.32 Å². The summed E-state index contributed by atoms with van der Waals surface area (Å²) in [5.74, 6) is 0.701. The topological polar surface area (TPSA) is 12.0 Å². The summed E-state index contributed by atoms with van der Waals surface area (Å²) in [6, 6.07) is 2.85. The predicted molar refractivity (Wildman–Crippen MR) is 78.6 cm³/mol. The highest BCUT2D eigenvalue weighted by atomic mass is 19.1. The maximum Gasteiger partial charge on any atom is 0.128 e. The SMILES string of the molecule is Cc1cc(F)c(C(C)NC2CCC(C)CC2C)cc1F. The molecule has 1 aromatic carbocycles. The van der Waals surface area contributed by atoms with Gasteiger partial charge in [0.15, 0.2) is 0 Å². The molecule has 4 atom stereocenters. The van der Waals surface area contributed by atoms with Crippen molar-refractivity contribution in [2.24, 2.45) is 11.8 Å². The zero-order chi connectivity index (χ0) is 14.9. The van der Waals surface area contributed by atoms with Gasteiger partial charge in [0.05, 0.1) is 0 Å². The lowest BCUT2D eigenvalue weighted by atomic mass is 9.79. The number of hydrogen-bond acceptors (Lipinski definition) is 1. The van der Waals surface area contributed by atoms with Crippen LogP contribution in [0.15, 0.2) is 12.1 Å². The van der Waals surface area contributed by atoms with Crippen molar-refractivity contribution in [3.05, 3.63) is 34.9 Å². The molecule has 0 aromatic heterocycles. The summed E-state index contributed by atoms with van der Waals surface area (Å²) in [7, 11) is 0. The molecule has 0 spiro atoms. The number of nitrogens with one attached hydrogen (secondary N) is 1. The second-order valence-corrected chi connectivity index (χ2v) is 6.51. The predicted octanol–water partition coefficient (Wildman–Crippen LogP) is 4.75. The van der Waals surface area contributed by atoms with Gasteiger partial charge in [0.25, 0.3) is 0 Å². The Hall–Kier alpha value is -0.960. The van der Waals surface area contributed by atoms with Gasteiger partial charge in [-0.15, -0.1) is 0 Å². The Kier molecular flexibility index (Phi) is 4.79. The normalized spacial score (nSPS) is 28.4. The fourth-order valence-electron chi connectivity index (χ4n) is 3.32. The van der Waals surface area contributed by atoms with Crippen LogP contribution in [0, 0.1) is 30.4 Å². The maximum absolute atomic E-state index is 14.0. The van der Waals surface area contributed by atoms with Gasteiger partial charge in [-0.1, -0.05) is 13.8 Å². The van der Waals surface area contributed by atoms with Gasteiger partial charge in [0, 0.05) is 17.6 Å². The molecule has 1 N–H and O–H groups in total. The zero-order valence-corrected chi connectivity index (χ0v) is 12.8. The molecule has 0 saturated heterocycles. The van der Waals surface area contributed by atoms with Crippen LogP contribution in [0.25, 0.3) is 0 Å². The van der Waals surface area contributed by atoms with Crippen LogP contribution in [0.3, 0.4) is 0 Å². The fraction of sp³-hybridized carbons (Fsp3) is 0.647. The third kappa shape index (κ3) is 3.38. The minimum absolute atomic E-state index is 0.161. The summed E-state index contributed by atoms with van der Waals surface area (Å²) in [4.78, 5) is 0. The molecule has 3 heteroatoms. The first kappa shape index (κ1) is 15.4. The summed E-state index contributed by atoms with van der Waals surface area (Å²) in [6.07, 6.45) is 3.53. The van der Waals surface area contributed by atoms with E-state index in [1.807, 2.05) is 6.92 Å². The second-order valence-electron chi connectivity index (χ2n) is 6.51. The van der Waals surface area contributed by atoms with Gasteiger partial charge in [-0.2, -0.15) is 0 Å². The van der Waals surface area contributed by atoms with E-state index in [1.54, 1.807) is 6.92 Å². The third-order valence-corrected chi connectivity index (χ3v) is 4.64. The number of hydrogen-bond donors (Lipinski definition) is 1. The number of halogens is 2. The van der Waals surface area contributed by atoms with E-state index in [2.05, 4.69) is 19.2 Å². The molecule has 1 fully saturated rings. The van der Waals surface area contributed by atoms with E-state index in [4.69, 9.17) is 0 Å². The molecule has 20 heavy (non-hydrogen) atoms. The molecular weight excluding hydrogens is 256 g/mol. The molecule has 1 aliphatic carbocycles. The van der Waals surface area contributed by atoms with Gasteiger partial charge in [-0.25, -0.2) is 8.78 Å². The molecule has 1 aliphatic rings. The third-order valence-electron chi connectivity index (χ3n) is 4.64. The van der Waals surface area contributed by atoms with Gasteiger partial charge in [-0.3, -0.25) is 0 Å². The smallest absolute Gasteiger partial charge is 0.128 e. The van der Waals surface area contributed by atoms with Crippen molar-refractivity contribution in [3.63, 3.8) is 0 Å². The minimum Gasteiger partial charge on any atom is -0.307 e. The standard InChI is InChI=1S/C17H25F2N/c1-10-5-6-17(12(3)7-10)20-13(4)14-9-15(18)11(2)8-16(14)19/h8-10,12-13,17,20H,5-7H2,1-4H3. The van der Waals surface area contributed by atoms with Crippen LogP contribution < -0.4 is 5.32 Å². The summed E-state index contributed by atoms with van der Waals surface area (Å²) in [5.41, 5.74) is 0.789. The molecular formula is C17H25F2N. The van der Waals surface area contributed by atoms with E-state index >= 15 is 0 Å². The van der Waals surface area contributed by atoms with Crippen LogP contribution in [-0.4, -0.2) is 6.04 Å². The van der Waals surface area contributed by atoms with Crippen LogP contribution in [0.2, 0.25) is 0 Å². The lowest BCUT2D eigenvalue weighted by Gasteiger charge is -2.35.